The first kappa shape index (κ1) is 2.03. The van der Waals surface area contributed by atoms with Crippen molar-refractivity contribution in [2.45, 2.75) is 0 Å². The third-order valence-corrected chi connectivity index (χ3v) is 0.343. The van der Waals surface area contributed by atoms with Crippen LogP contribution in [-0.4, -0.2) is 11.8 Å². The highest BCUT2D eigenvalue weighted by atomic mass is 35.5. The van der Waals surface area contributed by atoms with Crippen molar-refractivity contribution in [2.75, 3.05) is 5.88 Å². The van der Waals surface area contributed by atoms with Gasteiger partial charge in [0, 0.05) is 0 Å². The molecule has 0 spiro atoms. The van der Waals surface area contributed by atoms with Gasteiger partial charge in [-0.2, -0.15) is 0 Å². The van der Waals surface area contributed by atoms with Crippen molar-refractivity contribution < 1.29 is 7.62 Å². The maximum absolute atomic E-state index is 9.93. The summed E-state index contributed by atoms with van der Waals surface area (Å²) in [6, 6.07) is 0. The molecule has 0 fully saturated rings. The van der Waals surface area contributed by atoms with Crippen LogP contribution in [0.5, 0.6) is 0 Å². The van der Waals surface area contributed by atoms with E-state index in [0.29, 0.717) is 0 Å². The van der Waals surface area contributed by atoms with Crippen LogP contribution in [0.15, 0.2) is 0 Å². The van der Waals surface area contributed by atoms with Gasteiger partial charge < -0.3 is 5.72 Å². The van der Waals surface area contributed by atoms with Gasteiger partial charge in [-0.1, -0.05) is 0 Å². The zero-order chi connectivity index (χ0) is 5.86. The number of amides is 1. The minimum atomic E-state index is -0.721. The number of carbonyl (C=O) groups excluding carboxylic acids is 1. The number of halogens is 1. The SMILES string of the molecule is [2H]N([2H])C(=O)CCl. The number of carbonyl (C=O) groups is 1. The lowest BCUT2D eigenvalue weighted by Crippen LogP contribution is -2.10. The summed E-state index contributed by atoms with van der Waals surface area (Å²) in [5, 5.41) is 0. The number of hydrogen-bond acceptors (Lipinski definition) is 1. The second-order valence-corrected chi connectivity index (χ2v) is 0.795. The van der Waals surface area contributed by atoms with E-state index in [9.17, 15) is 4.79 Å². The standard InChI is InChI=1S/C2H4ClNO/c3-1-2(4)5/h1H2,(H2,4,5)/i/hD2. The largest absolute Gasteiger partial charge is 0.369 e. The molecule has 0 saturated carbocycles. The van der Waals surface area contributed by atoms with Crippen LogP contribution in [0, 0.1) is 0 Å². The van der Waals surface area contributed by atoms with Crippen molar-refractivity contribution in [3.63, 3.8) is 0 Å². The third-order valence-electron chi connectivity index (χ3n) is 0.114. The smallest absolute Gasteiger partial charge is 0.232 e. The summed E-state index contributed by atoms with van der Waals surface area (Å²) in [7, 11) is 0. The lowest BCUT2D eigenvalue weighted by Gasteiger charge is -1.71. The lowest BCUT2D eigenvalue weighted by molar-refractivity contribution is -0.115. The van der Waals surface area contributed by atoms with Crippen molar-refractivity contribution in [3.05, 3.63) is 0 Å². The summed E-state index contributed by atoms with van der Waals surface area (Å²) in [5.41, 5.74) is -0.0486. The number of nitrogens with two attached hydrogens (primary N) is 1. The predicted molar refractivity (Wildman–Crippen MR) is 19.9 cm³/mol. The normalized spacial score (nSPS) is 12.2. The van der Waals surface area contributed by atoms with Gasteiger partial charge in [0.25, 0.3) is 0 Å². The molecule has 0 aromatic rings. The van der Waals surface area contributed by atoms with Gasteiger partial charge in [0.05, 0.1) is 0 Å². The van der Waals surface area contributed by atoms with E-state index in [1.165, 1.54) is 0 Å². The maximum atomic E-state index is 9.93. The summed E-state index contributed by atoms with van der Waals surface area (Å²) in [6.07, 6.45) is 0. The van der Waals surface area contributed by atoms with Crippen LogP contribution in [0.1, 0.15) is 0 Å². The van der Waals surface area contributed by atoms with Crippen LogP contribution in [0.4, 0.5) is 0 Å². The molecule has 0 aliphatic rings. The molecule has 0 aliphatic heterocycles. The van der Waals surface area contributed by atoms with Gasteiger partial charge in [0.15, 0.2) is 2.82 Å². The molecule has 5 heavy (non-hydrogen) atoms. The lowest BCUT2D eigenvalue weighted by atomic mass is 10.8. The van der Waals surface area contributed by atoms with E-state index in [0.717, 1.165) is 0 Å². The molecule has 0 saturated heterocycles. The van der Waals surface area contributed by atoms with E-state index in [-0.39, 0.29) is 11.6 Å². The van der Waals surface area contributed by atoms with Gasteiger partial charge in [-0.3, -0.25) is 4.79 Å². The molecule has 0 aromatic heterocycles. The van der Waals surface area contributed by atoms with E-state index in [1.54, 1.807) is 0 Å². The number of hydrogen-bond donors (Lipinski definition) is 1. The second-order valence-electron chi connectivity index (χ2n) is 0.527. The van der Waals surface area contributed by atoms with Gasteiger partial charge in [-0.15, -0.1) is 11.6 Å². The van der Waals surface area contributed by atoms with Crippen LogP contribution >= 0.6 is 11.6 Å². The van der Waals surface area contributed by atoms with Crippen molar-refractivity contribution in [1.29, 1.82) is 0 Å². The Hall–Kier alpha value is -0.240. The Bertz CT molecular complexity index is 76.1. The topological polar surface area (TPSA) is 43.1 Å². The summed E-state index contributed by atoms with van der Waals surface area (Å²) in [4.78, 5) is 9.93. The molecular weight excluding hydrogens is 89.5 g/mol. The fourth-order valence-corrected chi connectivity index (χ4v) is 0. The molecule has 0 aromatic carbocycles. The van der Waals surface area contributed by atoms with Crippen molar-refractivity contribution in [2.24, 2.45) is 5.72 Å². The Labute approximate surface area is 37.8 Å². The molecule has 0 bridgehead atoms. The van der Waals surface area contributed by atoms with Gasteiger partial charge in [0.2, 0.25) is 5.91 Å². The van der Waals surface area contributed by atoms with Crippen LogP contribution in [0.25, 0.3) is 0 Å². The average molecular weight is 95.5 g/mol. The Kier molecular flexibility index (Phi) is 0.822. The molecule has 2 nitrogen and oxygen atoms in total. The van der Waals surface area contributed by atoms with E-state index in [4.69, 9.17) is 14.4 Å². The Morgan fingerprint density at radius 2 is 3.00 bits per heavy atom. The van der Waals surface area contributed by atoms with Crippen LogP contribution in [0.2, 0.25) is 2.82 Å². The van der Waals surface area contributed by atoms with Gasteiger partial charge in [-0.25, -0.2) is 0 Å². The first-order valence-corrected chi connectivity index (χ1v) is 1.58. The fourth-order valence-electron chi connectivity index (χ4n) is 0. The average Bonchev–Trinajstić information content (AvgIpc) is 1.65. The van der Waals surface area contributed by atoms with E-state index in [1.807, 2.05) is 0 Å². The third kappa shape index (κ3) is 3.76. The minimum Gasteiger partial charge on any atom is -0.369 e. The number of rotatable bonds is 1. The molecule has 0 radical (unpaired) electrons. The Morgan fingerprint density at radius 3 is 3.00 bits per heavy atom. The first-order valence-electron chi connectivity index (χ1n) is 1.94. The van der Waals surface area contributed by atoms with E-state index < -0.39 is 5.91 Å². The molecule has 0 atom stereocenters. The van der Waals surface area contributed by atoms with Crippen LogP contribution in [-0.2, 0) is 4.79 Å². The second kappa shape index (κ2) is 2.03. The molecule has 3 heteroatoms. The van der Waals surface area contributed by atoms with Crippen molar-refractivity contribution in [1.82, 2.24) is 0 Å². The fraction of sp³-hybridized carbons (Fsp3) is 0.500. The highest BCUT2D eigenvalue weighted by Gasteiger charge is 1.79. The molecule has 2 N–H and O–H groups in total. The van der Waals surface area contributed by atoms with E-state index >= 15 is 0 Å². The highest BCUT2D eigenvalue weighted by molar-refractivity contribution is 6.27. The molecule has 30 valence electrons. The van der Waals surface area contributed by atoms with Gasteiger partial charge in [-0.05, 0) is 0 Å². The molecule has 0 rings (SSSR count). The zero-order valence-corrected chi connectivity index (χ0v) is 3.20. The van der Waals surface area contributed by atoms with Gasteiger partial charge >= 0.3 is 0 Å². The summed E-state index contributed by atoms with van der Waals surface area (Å²) in [5.74, 6) is -1.02. The highest BCUT2D eigenvalue weighted by Crippen LogP contribution is 1.64. The molecule has 1 amide bonds. The summed E-state index contributed by atoms with van der Waals surface area (Å²) in [6.45, 7) is 0. The minimum absolute atomic E-state index is 0.0486. The number of alkyl halides is 1. The molecule has 0 heterocycles. The van der Waals surface area contributed by atoms with Crippen LogP contribution in [0.3, 0.4) is 0 Å². The zero-order valence-electron chi connectivity index (χ0n) is 4.44. The van der Waals surface area contributed by atoms with Crippen LogP contribution < -0.4 is 5.72 Å². The Balaban J connectivity index is 3.35. The number of primary amides is 1. The Morgan fingerprint density at radius 1 is 2.40 bits per heavy atom. The van der Waals surface area contributed by atoms with E-state index in [2.05, 4.69) is 0 Å². The van der Waals surface area contributed by atoms with Crippen molar-refractivity contribution in [3.8, 4) is 0 Å². The predicted octanol–water partition coefficient (Wildman–Crippen LogP) is -0.290. The maximum Gasteiger partial charge on any atom is 0.232 e. The quantitative estimate of drug-likeness (QED) is 0.447. The molecule has 0 aliphatic carbocycles. The first-order chi connectivity index (χ1) is 3.18. The summed E-state index contributed by atoms with van der Waals surface area (Å²) < 4.78 is 12.5. The molecular formula is C2H4ClNO. The monoisotopic (exact) mass is 95.0 g/mol. The van der Waals surface area contributed by atoms with Gasteiger partial charge in [0.1, 0.15) is 5.88 Å². The van der Waals surface area contributed by atoms with Crippen molar-refractivity contribution >= 4 is 17.5 Å². The molecule has 0 unspecified atom stereocenters. The summed E-state index contributed by atoms with van der Waals surface area (Å²) >= 11 is 4.92.